The number of rotatable bonds is 3. The summed E-state index contributed by atoms with van der Waals surface area (Å²) in [6.07, 6.45) is -1.61. The van der Waals surface area contributed by atoms with Crippen LogP contribution in [-0.4, -0.2) is 12.1 Å². The molecule has 0 aromatic heterocycles. The van der Waals surface area contributed by atoms with E-state index in [1.807, 2.05) is 0 Å². The Morgan fingerprint density at radius 3 is 2.32 bits per heavy atom. The highest BCUT2D eigenvalue weighted by Gasteiger charge is 2.41. The topological polar surface area (TPSA) is 26.3 Å². The Labute approximate surface area is 128 Å². The normalized spacial score (nSPS) is 24.8. The van der Waals surface area contributed by atoms with Gasteiger partial charge in [0, 0.05) is 11.5 Å². The van der Waals surface area contributed by atoms with E-state index in [-0.39, 0.29) is 28.8 Å². The zero-order chi connectivity index (χ0) is 16.5. The molecule has 0 heterocycles. The van der Waals surface area contributed by atoms with Gasteiger partial charge in [-0.15, -0.1) is 13.2 Å². The highest BCUT2D eigenvalue weighted by molar-refractivity contribution is 5.98. The molecule has 1 aromatic carbocycles. The van der Waals surface area contributed by atoms with Crippen molar-refractivity contribution in [3.05, 3.63) is 29.8 Å². The number of alkyl halides is 3. The molecule has 2 rings (SSSR count). The van der Waals surface area contributed by atoms with Gasteiger partial charge >= 0.3 is 6.36 Å². The van der Waals surface area contributed by atoms with Crippen LogP contribution in [-0.2, 0) is 0 Å². The van der Waals surface area contributed by atoms with Crippen LogP contribution in [0.1, 0.15) is 50.4 Å². The molecule has 1 aliphatic carbocycles. The highest BCUT2D eigenvalue weighted by Crippen LogP contribution is 2.45. The van der Waals surface area contributed by atoms with E-state index < -0.39 is 6.36 Å². The number of carbonyl (C=O) groups excluding carboxylic acids is 1. The molecule has 0 aliphatic heterocycles. The number of benzene rings is 1. The maximum Gasteiger partial charge on any atom is 0.573 e. The van der Waals surface area contributed by atoms with Crippen LogP contribution in [0.5, 0.6) is 5.75 Å². The first-order valence-electron chi connectivity index (χ1n) is 7.50. The summed E-state index contributed by atoms with van der Waals surface area (Å²) >= 11 is 0. The predicted octanol–water partition coefficient (Wildman–Crippen LogP) is 5.23. The van der Waals surface area contributed by atoms with E-state index in [1.165, 1.54) is 24.3 Å². The number of ether oxygens (including phenoxy) is 1. The van der Waals surface area contributed by atoms with Crippen LogP contribution in [0, 0.1) is 17.3 Å². The van der Waals surface area contributed by atoms with Crippen LogP contribution in [0.25, 0.3) is 0 Å². The van der Waals surface area contributed by atoms with Gasteiger partial charge in [-0.2, -0.15) is 0 Å². The van der Waals surface area contributed by atoms with Gasteiger partial charge in [0.2, 0.25) is 0 Å². The van der Waals surface area contributed by atoms with Gasteiger partial charge in [0.05, 0.1) is 0 Å². The van der Waals surface area contributed by atoms with Crippen molar-refractivity contribution in [1.82, 2.24) is 0 Å². The van der Waals surface area contributed by atoms with E-state index in [2.05, 4.69) is 25.5 Å². The lowest BCUT2D eigenvalue weighted by atomic mass is 9.62. The predicted molar refractivity (Wildman–Crippen MR) is 77.7 cm³/mol. The molecule has 122 valence electrons. The van der Waals surface area contributed by atoms with E-state index in [9.17, 15) is 18.0 Å². The molecule has 2 atom stereocenters. The summed E-state index contributed by atoms with van der Waals surface area (Å²) in [7, 11) is 0. The van der Waals surface area contributed by atoms with E-state index in [0.29, 0.717) is 5.56 Å². The zero-order valence-electron chi connectivity index (χ0n) is 13.0. The Hall–Kier alpha value is -1.52. The molecule has 0 unspecified atom stereocenters. The lowest BCUT2D eigenvalue weighted by Gasteiger charge is -2.42. The molecular formula is C17H21F3O2. The van der Waals surface area contributed by atoms with Gasteiger partial charge in [-0.05, 0) is 48.4 Å². The van der Waals surface area contributed by atoms with Gasteiger partial charge in [-0.1, -0.05) is 27.2 Å². The molecule has 0 radical (unpaired) electrons. The van der Waals surface area contributed by atoms with E-state index >= 15 is 0 Å². The zero-order valence-corrected chi connectivity index (χ0v) is 13.0. The third kappa shape index (κ3) is 3.81. The summed E-state index contributed by atoms with van der Waals surface area (Å²) in [6.45, 7) is 6.25. The smallest absolute Gasteiger partial charge is 0.406 e. The minimum absolute atomic E-state index is 0.00996. The first-order valence-corrected chi connectivity index (χ1v) is 7.50. The molecule has 0 N–H and O–H groups in total. The fraction of sp³-hybridized carbons (Fsp3) is 0.588. The Balaban J connectivity index is 2.18. The van der Waals surface area contributed by atoms with Gasteiger partial charge < -0.3 is 4.74 Å². The number of halogens is 3. The maximum absolute atomic E-state index is 12.8. The van der Waals surface area contributed by atoms with Crippen molar-refractivity contribution in [3.63, 3.8) is 0 Å². The Bertz CT molecular complexity index is 532. The highest BCUT2D eigenvalue weighted by atomic mass is 19.4. The van der Waals surface area contributed by atoms with E-state index in [1.54, 1.807) is 0 Å². The molecule has 1 aromatic rings. The van der Waals surface area contributed by atoms with Crippen LogP contribution >= 0.6 is 0 Å². The fourth-order valence-electron chi connectivity index (χ4n) is 3.59. The summed E-state index contributed by atoms with van der Waals surface area (Å²) in [4.78, 5) is 12.8. The molecule has 22 heavy (non-hydrogen) atoms. The first kappa shape index (κ1) is 16.8. The molecule has 0 bridgehead atoms. The standard InChI is InChI=1S/C17H21F3O2/c1-11-5-4-10-16(2,3)14(11)15(21)12-6-8-13(9-7-12)22-17(18,19)20/h6-9,11,14H,4-5,10H2,1-3H3/t11-,14-/m0/s1. The van der Waals surface area contributed by atoms with Crippen molar-refractivity contribution in [2.24, 2.45) is 17.3 Å². The quantitative estimate of drug-likeness (QED) is 0.714. The third-order valence-electron chi connectivity index (χ3n) is 4.55. The van der Waals surface area contributed by atoms with Crippen molar-refractivity contribution < 1.29 is 22.7 Å². The minimum Gasteiger partial charge on any atom is -0.406 e. The lowest BCUT2D eigenvalue weighted by Crippen LogP contribution is -2.39. The van der Waals surface area contributed by atoms with Crippen LogP contribution in [0.4, 0.5) is 13.2 Å². The number of carbonyl (C=O) groups is 1. The minimum atomic E-state index is -4.72. The second-order valence-corrected chi connectivity index (χ2v) is 6.77. The van der Waals surface area contributed by atoms with Crippen molar-refractivity contribution in [2.45, 2.75) is 46.4 Å². The average Bonchev–Trinajstić information content (AvgIpc) is 2.36. The fourth-order valence-corrected chi connectivity index (χ4v) is 3.59. The van der Waals surface area contributed by atoms with Crippen molar-refractivity contribution in [1.29, 1.82) is 0 Å². The summed E-state index contributed by atoms with van der Waals surface area (Å²) in [5.41, 5.74) is 0.358. The van der Waals surface area contributed by atoms with Gasteiger partial charge in [-0.25, -0.2) is 0 Å². The van der Waals surface area contributed by atoms with Crippen LogP contribution < -0.4 is 4.74 Å². The van der Waals surface area contributed by atoms with Crippen molar-refractivity contribution in [2.75, 3.05) is 0 Å². The summed E-state index contributed by atoms with van der Waals surface area (Å²) < 4.78 is 40.3. The largest absolute Gasteiger partial charge is 0.573 e. The van der Waals surface area contributed by atoms with Crippen LogP contribution in [0.3, 0.4) is 0 Å². The molecule has 0 saturated heterocycles. The maximum atomic E-state index is 12.8. The number of hydrogen-bond donors (Lipinski definition) is 0. The van der Waals surface area contributed by atoms with Crippen molar-refractivity contribution >= 4 is 5.78 Å². The number of Topliss-reactive ketones (excluding diaryl/α,β-unsaturated/α-hetero) is 1. The summed E-state index contributed by atoms with van der Waals surface area (Å²) in [5.74, 6) is -0.117. The monoisotopic (exact) mass is 314 g/mol. The van der Waals surface area contributed by atoms with Crippen molar-refractivity contribution in [3.8, 4) is 5.75 Å². The number of hydrogen-bond acceptors (Lipinski definition) is 2. The SMILES string of the molecule is C[C@H]1CCCC(C)(C)[C@@H]1C(=O)c1ccc(OC(F)(F)F)cc1. The summed E-state index contributed by atoms with van der Waals surface area (Å²) in [5, 5.41) is 0. The first-order chi connectivity index (χ1) is 10.1. The Morgan fingerprint density at radius 1 is 1.23 bits per heavy atom. The Morgan fingerprint density at radius 2 is 1.82 bits per heavy atom. The number of ketones is 1. The molecule has 1 fully saturated rings. The van der Waals surface area contributed by atoms with E-state index in [0.717, 1.165) is 19.3 Å². The second kappa shape index (κ2) is 5.94. The summed E-state index contributed by atoms with van der Waals surface area (Å²) in [6, 6.07) is 5.23. The molecule has 5 heteroatoms. The van der Waals surface area contributed by atoms with E-state index in [4.69, 9.17) is 0 Å². The molecule has 2 nitrogen and oxygen atoms in total. The van der Waals surface area contributed by atoms with Gasteiger partial charge in [0.25, 0.3) is 0 Å². The second-order valence-electron chi connectivity index (χ2n) is 6.77. The lowest BCUT2D eigenvalue weighted by molar-refractivity contribution is -0.274. The third-order valence-corrected chi connectivity index (χ3v) is 4.55. The van der Waals surface area contributed by atoms with Gasteiger partial charge in [-0.3, -0.25) is 4.79 Å². The molecule has 0 spiro atoms. The molecule has 0 amide bonds. The van der Waals surface area contributed by atoms with Gasteiger partial charge in [0.15, 0.2) is 5.78 Å². The average molecular weight is 314 g/mol. The van der Waals surface area contributed by atoms with Crippen LogP contribution in [0.2, 0.25) is 0 Å². The Kier molecular flexibility index (Phi) is 4.54. The molecule has 1 saturated carbocycles. The molecule has 1 aliphatic rings. The van der Waals surface area contributed by atoms with Crippen LogP contribution in [0.15, 0.2) is 24.3 Å². The van der Waals surface area contributed by atoms with Gasteiger partial charge in [0.1, 0.15) is 5.75 Å². The molecular weight excluding hydrogens is 293 g/mol.